The third-order valence-electron chi connectivity index (χ3n) is 4.19. The summed E-state index contributed by atoms with van der Waals surface area (Å²) >= 11 is 4.49. The standard InChI is InChI=1S/C16H21BrN4O3S2/c1-16(2,3)21-11-12(10-18-21)15(22)19-6-8-20(9-7-19)26(23,24)14-5-4-13(17)25-14/h4-5,10-11H,6-9H2,1-3H3. The predicted molar refractivity (Wildman–Crippen MR) is 104 cm³/mol. The Labute approximate surface area is 165 Å². The van der Waals surface area contributed by atoms with Crippen molar-refractivity contribution in [2.45, 2.75) is 30.5 Å². The van der Waals surface area contributed by atoms with Crippen LogP contribution < -0.4 is 0 Å². The summed E-state index contributed by atoms with van der Waals surface area (Å²) in [5, 5.41) is 4.26. The first-order chi connectivity index (χ1) is 12.1. The van der Waals surface area contributed by atoms with E-state index in [9.17, 15) is 13.2 Å². The fourth-order valence-corrected chi connectivity index (χ4v) is 6.26. The van der Waals surface area contributed by atoms with E-state index in [4.69, 9.17) is 0 Å². The minimum atomic E-state index is -3.50. The van der Waals surface area contributed by atoms with E-state index in [0.717, 1.165) is 3.79 Å². The van der Waals surface area contributed by atoms with Crippen molar-refractivity contribution in [3.63, 3.8) is 0 Å². The summed E-state index contributed by atoms with van der Waals surface area (Å²) < 4.78 is 29.6. The summed E-state index contributed by atoms with van der Waals surface area (Å²) in [5.74, 6) is -0.114. The van der Waals surface area contributed by atoms with Crippen LogP contribution in [0.1, 0.15) is 31.1 Å². The first-order valence-electron chi connectivity index (χ1n) is 8.19. The molecule has 2 aromatic rings. The number of hydrogen-bond acceptors (Lipinski definition) is 5. The molecule has 0 aliphatic carbocycles. The van der Waals surface area contributed by atoms with Gasteiger partial charge in [0, 0.05) is 32.4 Å². The molecule has 0 spiro atoms. The normalized spacial score (nSPS) is 16.8. The molecule has 0 unspecified atom stereocenters. The van der Waals surface area contributed by atoms with Gasteiger partial charge in [-0.3, -0.25) is 9.48 Å². The maximum absolute atomic E-state index is 12.7. The van der Waals surface area contributed by atoms with Crippen LogP contribution >= 0.6 is 27.3 Å². The number of hydrogen-bond donors (Lipinski definition) is 0. The number of halogens is 1. The van der Waals surface area contributed by atoms with E-state index in [1.54, 1.807) is 34.1 Å². The van der Waals surface area contributed by atoms with Crippen LogP contribution in [0.15, 0.2) is 32.5 Å². The summed E-state index contributed by atoms with van der Waals surface area (Å²) in [5.41, 5.74) is 0.332. The van der Waals surface area contributed by atoms with Gasteiger partial charge in [-0.05, 0) is 48.8 Å². The summed E-state index contributed by atoms with van der Waals surface area (Å²) in [6.07, 6.45) is 3.31. The van der Waals surface area contributed by atoms with Crippen LogP contribution in [-0.4, -0.2) is 59.5 Å². The summed E-state index contributed by atoms with van der Waals surface area (Å²) in [4.78, 5) is 14.4. The molecule has 0 saturated carbocycles. The van der Waals surface area contributed by atoms with Gasteiger partial charge in [0.2, 0.25) is 0 Å². The zero-order valence-electron chi connectivity index (χ0n) is 14.8. The van der Waals surface area contributed by atoms with Crippen LogP contribution in [0, 0.1) is 0 Å². The second-order valence-corrected chi connectivity index (χ2v) is 11.7. The number of carbonyl (C=O) groups is 1. The predicted octanol–water partition coefficient (Wildman–Crippen LogP) is 2.61. The molecular weight excluding hydrogens is 440 g/mol. The van der Waals surface area contributed by atoms with E-state index < -0.39 is 10.0 Å². The molecule has 2 aromatic heterocycles. The maximum atomic E-state index is 12.7. The molecule has 1 fully saturated rings. The molecule has 0 atom stereocenters. The van der Waals surface area contributed by atoms with Gasteiger partial charge in [0.15, 0.2) is 0 Å². The lowest BCUT2D eigenvalue weighted by molar-refractivity contribution is 0.0698. The summed E-state index contributed by atoms with van der Waals surface area (Å²) in [6, 6.07) is 3.33. The van der Waals surface area contributed by atoms with E-state index in [1.165, 1.54) is 15.6 Å². The van der Waals surface area contributed by atoms with Crippen molar-refractivity contribution in [2.24, 2.45) is 0 Å². The van der Waals surface area contributed by atoms with Crippen molar-refractivity contribution in [3.8, 4) is 0 Å². The first-order valence-corrected chi connectivity index (χ1v) is 11.2. The van der Waals surface area contributed by atoms with Crippen molar-refractivity contribution in [2.75, 3.05) is 26.2 Å². The second-order valence-electron chi connectivity index (χ2n) is 7.10. The van der Waals surface area contributed by atoms with Crippen LogP contribution in [-0.2, 0) is 15.6 Å². The third-order valence-corrected chi connectivity index (χ3v) is 8.18. The first kappa shape index (κ1) is 19.5. The van der Waals surface area contributed by atoms with Crippen LogP contribution in [0.3, 0.4) is 0 Å². The Morgan fingerprint density at radius 2 is 1.85 bits per heavy atom. The van der Waals surface area contributed by atoms with E-state index in [0.29, 0.717) is 22.9 Å². The highest BCUT2D eigenvalue weighted by molar-refractivity contribution is 9.11. The number of nitrogens with zero attached hydrogens (tertiary/aromatic N) is 4. The smallest absolute Gasteiger partial charge is 0.257 e. The number of amides is 1. The molecule has 1 aliphatic rings. The molecule has 1 amide bonds. The van der Waals surface area contributed by atoms with Gasteiger partial charge < -0.3 is 4.90 Å². The van der Waals surface area contributed by atoms with E-state index in [1.807, 2.05) is 20.8 Å². The molecule has 0 aromatic carbocycles. The Morgan fingerprint density at radius 1 is 1.19 bits per heavy atom. The Kier molecular flexibility index (Phi) is 5.31. The number of rotatable bonds is 3. The topological polar surface area (TPSA) is 75.5 Å². The van der Waals surface area contributed by atoms with Gasteiger partial charge >= 0.3 is 0 Å². The van der Waals surface area contributed by atoms with Crippen LogP contribution in [0.25, 0.3) is 0 Å². The molecular formula is C16H21BrN4O3S2. The van der Waals surface area contributed by atoms with Crippen LogP contribution in [0.4, 0.5) is 0 Å². The molecule has 10 heteroatoms. The highest BCUT2D eigenvalue weighted by atomic mass is 79.9. The molecule has 1 saturated heterocycles. The minimum absolute atomic E-state index is 0.114. The van der Waals surface area contributed by atoms with E-state index in [2.05, 4.69) is 21.0 Å². The molecule has 1 aliphatic heterocycles. The summed E-state index contributed by atoms with van der Waals surface area (Å²) in [6.45, 7) is 7.35. The van der Waals surface area contributed by atoms with Gasteiger partial charge in [-0.25, -0.2) is 8.42 Å². The Hall–Kier alpha value is -1.23. The van der Waals surface area contributed by atoms with Crippen molar-refractivity contribution in [3.05, 3.63) is 33.9 Å². The highest BCUT2D eigenvalue weighted by Gasteiger charge is 2.31. The third kappa shape index (κ3) is 3.88. The molecule has 0 N–H and O–H groups in total. The van der Waals surface area contributed by atoms with Gasteiger partial charge in [0.1, 0.15) is 4.21 Å². The Morgan fingerprint density at radius 3 is 2.35 bits per heavy atom. The average Bonchev–Trinajstić information content (AvgIpc) is 3.23. The van der Waals surface area contributed by atoms with Crippen molar-refractivity contribution >= 4 is 43.2 Å². The molecule has 26 heavy (non-hydrogen) atoms. The van der Waals surface area contributed by atoms with Crippen molar-refractivity contribution < 1.29 is 13.2 Å². The van der Waals surface area contributed by atoms with Crippen molar-refractivity contribution in [1.29, 1.82) is 0 Å². The number of sulfonamides is 1. The molecule has 7 nitrogen and oxygen atoms in total. The lowest BCUT2D eigenvalue weighted by atomic mass is 10.1. The van der Waals surface area contributed by atoms with Gasteiger partial charge in [0.05, 0.1) is 21.1 Å². The summed E-state index contributed by atoms with van der Waals surface area (Å²) in [7, 11) is -3.50. The van der Waals surface area contributed by atoms with Gasteiger partial charge in [0.25, 0.3) is 15.9 Å². The maximum Gasteiger partial charge on any atom is 0.257 e. The Bertz CT molecular complexity index is 906. The van der Waals surface area contributed by atoms with Gasteiger partial charge in [-0.15, -0.1) is 11.3 Å². The van der Waals surface area contributed by atoms with E-state index >= 15 is 0 Å². The zero-order chi connectivity index (χ0) is 19.1. The van der Waals surface area contributed by atoms with Crippen LogP contribution in [0.2, 0.25) is 0 Å². The number of carbonyl (C=O) groups excluding carboxylic acids is 1. The van der Waals surface area contributed by atoms with Gasteiger partial charge in [-0.2, -0.15) is 9.40 Å². The lowest BCUT2D eigenvalue weighted by Crippen LogP contribution is -2.50. The average molecular weight is 461 g/mol. The molecule has 3 heterocycles. The second kappa shape index (κ2) is 7.06. The zero-order valence-corrected chi connectivity index (χ0v) is 18.1. The molecule has 0 radical (unpaired) electrons. The van der Waals surface area contributed by atoms with Gasteiger partial charge in [-0.1, -0.05) is 0 Å². The lowest BCUT2D eigenvalue weighted by Gasteiger charge is -2.33. The van der Waals surface area contributed by atoms with Crippen molar-refractivity contribution in [1.82, 2.24) is 19.0 Å². The SMILES string of the molecule is CC(C)(C)n1cc(C(=O)N2CCN(S(=O)(=O)c3ccc(Br)s3)CC2)cn1. The van der Waals surface area contributed by atoms with Crippen LogP contribution in [0.5, 0.6) is 0 Å². The quantitative estimate of drug-likeness (QED) is 0.705. The fraction of sp³-hybridized carbons (Fsp3) is 0.500. The molecule has 0 bridgehead atoms. The largest absolute Gasteiger partial charge is 0.336 e. The highest BCUT2D eigenvalue weighted by Crippen LogP contribution is 2.29. The number of aromatic nitrogens is 2. The number of thiophene rings is 1. The molecule has 3 rings (SSSR count). The monoisotopic (exact) mass is 460 g/mol. The minimum Gasteiger partial charge on any atom is -0.336 e. The molecule has 142 valence electrons. The Balaban J connectivity index is 1.67. The fourth-order valence-electron chi connectivity index (χ4n) is 2.68. The van der Waals surface area contributed by atoms with E-state index in [-0.39, 0.29) is 24.5 Å². The number of piperazine rings is 1.